The highest BCUT2D eigenvalue weighted by atomic mass is 19.1. The highest BCUT2D eigenvalue weighted by Crippen LogP contribution is 2.21. The van der Waals surface area contributed by atoms with Crippen LogP contribution in [0.1, 0.15) is 18.4 Å². The first-order chi connectivity index (χ1) is 11.7. The number of rotatable bonds is 5. The van der Waals surface area contributed by atoms with E-state index < -0.39 is 0 Å². The topological polar surface area (TPSA) is 44.4 Å². The van der Waals surface area contributed by atoms with E-state index in [1.807, 2.05) is 24.3 Å². The first-order valence-corrected chi connectivity index (χ1v) is 8.35. The molecule has 0 spiro atoms. The molecule has 1 fully saturated rings. The van der Waals surface area contributed by atoms with Crippen molar-refractivity contribution in [2.45, 2.75) is 19.3 Å². The lowest BCUT2D eigenvalue weighted by Crippen LogP contribution is -2.30. The van der Waals surface area contributed by atoms with E-state index in [4.69, 9.17) is 0 Å². The van der Waals surface area contributed by atoms with Crippen LogP contribution in [0.4, 0.5) is 20.6 Å². The molecule has 3 rings (SSSR count). The quantitative estimate of drug-likeness (QED) is 0.877. The average molecular weight is 327 g/mol. The number of halogens is 1. The van der Waals surface area contributed by atoms with Gasteiger partial charge < -0.3 is 15.5 Å². The largest absolute Gasteiger partial charge is 0.372 e. The first-order valence-electron chi connectivity index (χ1n) is 8.35. The molecule has 24 heavy (non-hydrogen) atoms. The minimum absolute atomic E-state index is 0.231. The number of hydrogen-bond donors (Lipinski definition) is 2. The van der Waals surface area contributed by atoms with Gasteiger partial charge in [0.05, 0.1) is 0 Å². The summed E-state index contributed by atoms with van der Waals surface area (Å²) in [5.74, 6) is -0.248. The molecule has 5 heteroatoms. The molecule has 2 N–H and O–H groups in total. The highest BCUT2D eigenvalue weighted by molar-refractivity contribution is 5.89. The zero-order valence-corrected chi connectivity index (χ0v) is 13.6. The number of nitrogens with one attached hydrogen (secondary N) is 2. The predicted molar refractivity (Wildman–Crippen MR) is 95.0 cm³/mol. The van der Waals surface area contributed by atoms with Gasteiger partial charge in [-0.05, 0) is 61.2 Å². The Hall–Kier alpha value is -2.56. The van der Waals surface area contributed by atoms with Crippen molar-refractivity contribution in [1.29, 1.82) is 0 Å². The van der Waals surface area contributed by atoms with Gasteiger partial charge in [0, 0.05) is 31.0 Å². The Kier molecular flexibility index (Phi) is 5.31. The van der Waals surface area contributed by atoms with Gasteiger partial charge >= 0.3 is 6.03 Å². The van der Waals surface area contributed by atoms with Crippen molar-refractivity contribution < 1.29 is 9.18 Å². The molecule has 0 unspecified atom stereocenters. The summed E-state index contributed by atoms with van der Waals surface area (Å²) in [5.41, 5.74) is 2.97. The molecular formula is C19H22FN3O. The molecule has 0 radical (unpaired) electrons. The van der Waals surface area contributed by atoms with Gasteiger partial charge in [-0.25, -0.2) is 9.18 Å². The summed E-state index contributed by atoms with van der Waals surface area (Å²) in [4.78, 5) is 14.3. The van der Waals surface area contributed by atoms with E-state index >= 15 is 0 Å². The maximum atomic E-state index is 12.8. The lowest BCUT2D eigenvalue weighted by molar-refractivity contribution is 0.252. The van der Waals surface area contributed by atoms with E-state index in [-0.39, 0.29) is 11.8 Å². The SMILES string of the molecule is O=C(NCCc1ccc(F)cc1)Nc1ccc(N2CCCC2)cc1. The van der Waals surface area contributed by atoms with Gasteiger partial charge in [-0.1, -0.05) is 12.1 Å². The summed E-state index contributed by atoms with van der Waals surface area (Å²) in [6.07, 6.45) is 3.16. The smallest absolute Gasteiger partial charge is 0.319 e. The molecule has 2 amide bonds. The van der Waals surface area contributed by atoms with Gasteiger partial charge in [0.25, 0.3) is 0 Å². The molecule has 0 saturated carbocycles. The van der Waals surface area contributed by atoms with Crippen molar-refractivity contribution in [3.63, 3.8) is 0 Å². The second-order valence-corrected chi connectivity index (χ2v) is 6.00. The van der Waals surface area contributed by atoms with Gasteiger partial charge in [-0.15, -0.1) is 0 Å². The lowest BCUT2D eigenvalue weighted by atomic mass is 10.1. The van der Waals surface area contributed by atoms with Gasteiger partial charge in [0.2, 0.25) is 0 Å². The zero-order valence-electron chi connectivity index (χ0n) is 13.6. The van der Waals surface area contributed by atoms with Crippen LogP contribution in [0.2, 0.25) is 0 Å². The fourth-order valence-electron chi connectivity index (χ4n) is 2.88. The Balaban J connectivity index is 1.43. The fourth-order valence-corrected chi connectivity index (χ4v) is 2.88. The fraction of sp³-hybridized carbons (Fsp3) is 0.316. The molecule has 2 aromatic carbocycles. The first kappa shape index (κ1) is 16.3. The van der Waals surface area contributed by atoms with Gasteiger partial charge in [-0.3, -0.25) is 0 Å². The van der Waals surface area contributed by atoms with Gasteiger partial charge in [0.1, 0.15) is 5.82 Å². The molecule has 0 bridgehead atoms. The number of anilines is 2. The van der Waals surface area contributed by atoms with Crippen molar-refractivity contribution in [3.8, 4) is 0 Å². The molecule has 1 saturated heterocycles. The van der Waals surface area contributed by atoms with Crippen LogP contribution in [0, 0.1) is 5.82 Å². The van der Waals surface area contributed by atoms with Crippen LogP contribution < -0.4 is 15.5 Å². The third-order valence-corrected chi connectivity index (χ3v) is 4.21. The van der Waals surface area contributed by atoms with E-state index in [2.05, 4.69) is 15.5 Å². The van der Waals surface area contributed by atoms with Crippen molar-refractivity contribution in [1.82, 2.24) is 5.32 Å². The summed E-state index contributed by atoms with van der Waals surface area (Å²) >= 11 is 0. The Labute approximate surface area is 141 Å². The summed E-state index contributed by atoms with van der Waals surface area (Å²) in [6, 6.07) is 14.0. The minimum atomic E-state index is -0.248. The molecule has 1 heterocycles. The Morgan fingerprint density at radius 3 is 2.33 bits per heavy atom. The summed E-state index contributed by atoms with van der Waals surface area (Å²) in [5, 5.41) is 5.64. The van der Waals surface area contributed by atoms with Crippen LogP contribution in [0.5, 0.6) is 0 Å². The number of amides is 2. The number of hydrogen-bond acceptors (Lipinski definition) is 2. The number of benzene rings is 2. The maximum Gasteiger partial charge on any atom is 0.319 e. The Morgan fingerprint density at radius 1 is 1.00 bits per heavy atom. The number of nitrogens with zero attached hydrogens (tertiary/aromatic N) is 1. The number of urea groups is 1. The van der Waals surface area contributed by atoms with E-state index in [0.717, 1.165) is 24.3 Å². The second-order valence-electron chi connectivity index (χ2n) is 6.00. The predicted octanol–water partition coefficient (Wildman–Crippen LogP) is 3.79. The van der Waals surface area contributed by atoms with Crippen LogP contribution in [-0.2, 0) is 6.42 Å². The van der Waals surface area contributed by atoms with E-state index in [1.54, 1.807) is 12.1 Å². The monoisotopic (exact) mass is 327 g/mol. The summed E-state index contributed by atoms with van der Waals surface area (Å²) in [7, 11) is 0. The van der Waals surface area contributed by atoms with Crippen LogP contribution in [0.3, 0.4) is 0 Å². The van der Waals surface area contributed by atoms with Crippen molar-refractivity contribution in [2.75, 3.05) is 29.9 Å². The van der Waals surface area contributed by atoms with E-state index in [1.165, 1.54) is 30.7 Å². The third kappa shape index (κ3) is 4.47. The molecule has 1 aliphatic rings. The van der Waals surface area contributed by atoms with E-state index in [9.17, 15) is 9.18 Å². The van der Waals surface area contributed by atoms with Crippen molar-refractivity contribution >= 4 is 17.4 Å². The Bertz CT molecular complexity index is 664. The standard InChI is InChI=1S/C19H22FN3O/c20-16-5-3-15(4-6-16)11-12-21-19(24)22-17-7-9-18(10-8-17)23-13-1-2-14-23/h3-10H,1-2,11-14H2,(H2,21,22,24). The Morgan fingerprint density at radius 2 is 1.67 bits per heavy atom. The number of carbonyl (C=O) groups is 1. The molecule has 126 valence electrons. The third-order valence-electron chi connectivity index (χ3n) is 4.21. The normalized spacial score (nSPS) is 13.8. The lowest BCUT2D eigenvalue weighted by Gasteiger charge is -2.17. The minimum Gasteiger partial charge on any atom is -0.372 e. The van der Waals surface area contributed by atoms with Crippen molar-refractivity contribution in [3.05, 3.63) is 59.9 Å². The zero-order chi connectivity index (χ0) is 16.8. The molecule has 1 aliphatic heterocycles. The molecule has 0 aromatic heterocycles. The van der Waals surface area contributed by atoms with Crippen molar-refractivity contribution in [2.24, 2.45) is 0 Å². The molecular weight excluding hydrogens is 305 g/mol. The van der Waals surface area contributed by atoms with E-state index in [0.29, 0.717) is 13.0 Å². The molecule has 0 aliphatic carbocycles. The highest BCUT2D eigenvalue weighted by Gasteiger charge is 2.12. The second kappa shape index (κ2) is 7.81. The van der Waals surface area contributed by atoms with Gasteiger partial charge in [-0.2, -0.15) is 0 Å². The molecule has 0 atom stereocenters. The average Bonchev–Trinajstić information content (AvgIpc) is 3.12. The summed E-state index contributed by atoms with van der Waals surface area (Å²) in [6.45, 7) is 2.72. The van der Waals surface area contributed by atoms with Crippen LogP contribution in [0.15, 0.2) is 48.5 Å². The summed E-state index contributed by atoms with van der Waals surface area (Å²) < 4.78 is 12.8. The van der Waals surface area contributed by atoms with Gasteiger partial charge in [0.15, 0.2) is 0 Å². The van der Waals surface area contributed by atoms with Crippen LogP contribution in [-0.4, -0.2) is 25.7 Å². The van der Waals surface area contributed by atoms with Crippen LogP contribution >= 0.6 is 0 Å². The number of carbonyl (C=O) groups excluding carboxylic acids is 1. The molecule has 2 aromatic rings. The molecule has 4 nitrogen and oxygen atoms in total. The maximum absolute atomic E-state index is 12.8. The van der Waals surface area contributed by atoms with Crippen LogP contribution in [0.25, 0.3) is 0 Å².